The molecular formula is C34H26Cl2N2O5. The fraction of sp³-hybridized carbons (Fsp3) is 0.265. The zero-order valence-corrected chi connectivity index (χ0v) is 24.7. The number of esters is 1. The first kappa shape index (κ1) is 27.7. The van der Waals surface area contributed by atoms with Crippen LogP contribution in [0.5, 0.6) is 0 Å². The first-order valence-electron chi connectivity index (χ1n) is 14.2. The summed E-state index contributed by atoms with van der Waals surface area (Å²) in [6, 6.07) is 18.8. The van der Waals surface area contributed by atoms with Crippen LogP contribution in [0.15, 0.2) is 66.7 Å². The molecule has 3 aromatic carbocycles. The minimum Gasteiger partial charge on any atom is -0.454 e. The van der Waals surface area contributed by atoms with Gasteiger partial charge in [0, 0.05) is 21.5 Å². The maximum atomic E-state index is 13.3. The van der Waals surface area contributed by atoms with Crippen LogP contribution in [0.2, 0.25) is 10.0 Å². The van der Waals surface area contributed by atoms with Gasteiger partial charge in [-0.25, -0.2) is 9.78 Å². The first-order valence-corrected chi connectivity index (χ1v) is 15.0. The van der Waals surface area contributed by atoms with Crippen molar-refractivity contribution in [3.05, 3.63) is 93.5 Å². The SMILES string of the molecule is Cc1ccc2nc(-c3ccc(N4C(=O)C5C6CCC(C6)C5C4=O)cc3)cc(C(=O)OCC(=O)c3ccc(Cl)cc3Cl)c2c1. The minimum absolute atomic E-state index is 0.0892. The van der Waals surface area contributed by atoms with Crippen LogP contribution >= 0.6 is 23.2 Å². The molecule has 2 saturated carbocycles. The number of pyridine rings is 1. The number of carbonyl (C=O) groups is 4. The van der Waals surface area contributed by atoms with Crippen LogP contribution in [0.3, 0.4) is 0 Å². The van der Waals surface area contributed by atoms with Crippen molar-refractivity contribution in [3.8, 4) is 11.3 Å². The lowest BCUT2D eigenvalue weighted by atomic mass is 9.81. The van der Waals surface area contributed by atoms with Gasteiger partial charge < -0.3 is 4.74 Å². The number of anilines is 1. The van der Waals surface area contributed by atoms with Crippen molar-refractivity contribution >= 4 is 63.4 Å². The zero-order valence-electron chi connectivity index (χ0n) is 23.2. The quantitative estimate of drug-likeness (QED) is 0.131. The van der Waals surface area contributed by atoms with Crippen LogP contribution < -0.4 is 4.90 Å². The summed E-state index contributed by atoms with van der Waals surface area (Å²) in [7, 11) is 0. The molecule has 7 nitrogen and oxygen atoms in total. The third-order valence-electron chi connectivity index (χ3n) is 9.10. The zero-order chi connectivity index (χ0) is 30.0. The van der Waals surface area contributed by atoms with Gasteiger partial charge in [-0.15, -0.1) is 0 Å². The summed E-state index contributed by atoms with van der Waals surface area (Å²) in [6.07, 6.45) is 3.04. The molecule has 2 heterocycles. The van der Waals surface area contributed by atoms with Crippen molar-refractivity contribution in [2.24, 2.45) is 23.7 Å². The molecule has 1 aromatic heterocycles. The standard InChI is InChI=1S/C34H26Cl2N2O5/c1-17-2-11-27-24(12-17)25(34(42)43-16-29(39)23-10-7-21(35)14-26(23)36)15-28(37-27)18-5-8-22(9-6-18)38-32(40)30-19-3-4-20(13-19)31(30)33(38)41/h2,5-12,14-15,19-20,30-31H,3-4,13,16H2,1H3. The summed E-state index contributed by atoms with van der Waals surface area (Å²) in [5.74, 6) is -1.05. The number of rotatable bonds is 6. The second-order valence-electron chi connectivity index (χ2n) is 11.6. The van der Waals surface area contributed by atoms with Crippen LogP contribution in [0.25, 0.3) is 22.2 Å². The monoisotopic (exact) mass is 612 g/mol. The molecule has 0 spiro atoms. The van der Waals surface area contributed by atoms with Gasteiger partial charge >= 0.3 is 5.97 Å². The second kappa shape index (κ2) is 10.6. The number of aryl methyl sites for hydroxylation is 1. The van der Waals surface area contributed by atoms with Gasteiger partial charge in [0.25, 0.3) is 0 Å². The molecule has 4 aromatic rings. The van der Waals surface area contributed by atoms with Gasteiger partial charge in [0.2, 0.25) is 17.6 Å². The smallest absolute Gasteiger partial charge is 0.339 e. The van der Waals surface area contributed by atoms with Gasteiger partial charge in [-0.3, -0.25) is 19.3 Å². The predicted octanol–water partition coefficient (Wildman–Crippen LogP) is 7.09. The first-order chi connectivity index (χ1) is 20.7. The highest BCUT2D eigenvalue weighted by molar-refractivity contribution is 6.37. The number of halogens is 2. The number of nitrogens with zero attached hydrogens (tertiary/aromatic N) is 2. The summed E-state index contributed by atoms with van der Waals surface area (Å²) in [5.41, 5.74) is 3.74. The Labute approximate surface area is 257 Å². The maximum absolute atomic E-state index is 13.3. The van der Waals surface area contributed by atoms with Crippen molar-refractivity contribution in [2.45, 2.75) is 26.2 Å². The highest BCUT2D eigenvalue weighted by Gasteiger charge is 2.61. The number of Topliss-reactive ketones (excluding diaryl/α,β-unsaturated/α-hetero) is 1. The highest BCUT2D eigenvalue weighted by atomic mass is 35.5. The number of benzene rings is 3. The summed E-state index contributed by atoms with van der Waals surface area (Å²) < 4.78 is 5.45. The Kier molecular flexibility index (Phi) is 6.83. The molecule has 2 bridgehead atoms. The Hall–Kier alpha value is -4.07. The molecule has 3 fully saturated rings. The topological polar surface area (TPSA) is 93.6 Å². The van der Waals surface area contributed by atoms with E-state index in [0.29, 0.717) is 44.7 Å². The molecule has 4 atom stereocenters. The van der Waals surface area contributed by atoms with E-state index in [0.717, 1.165) is 24.8 Å². The van der Waals surface area contributed by atoms with E-state index < -0.39 is 18.4 Å². The van der Waals surface area contributed by atoms with E-state index in [1.807, 2.05) is 25.1 Å². The molecule has 1 saturated heterocycles. The molecule has 2 aliphatic carbocycles. The number of amides is 2. The Morgan fingerprint density at radius 2 is 1.58 bits per heavy atom. The lowest BCUT2D eigenvalue weighted by Crippen LogP contribution is -2.32. The number of hydrogen-bond donors (Lipinski definition) is 0. The van der Waals surface area contributed by atoms with Crippen molar-refractivity contribution in [3.63, 3.8) is 0 Å². The molecule has 4 unspecified atom stereocenters. The van der Waals surface area contributed by atoms with Gasteiger partial charge in [-0.2, -0.15) is 0 Å². The third kappa shape index (κ3) is 4.71. The summed E-state index contributed by atoms with van der Waals surface area (Å²) >= 11 is 12.1. The Bertz CT molecular complexity index is 1830. The molecule has 1 aliphatic heterocycles. The summed E-state index contributed by atoms with van der Waals surface area (Å²) in [5, 5.41) is 1.17. The average molecular weight is 613 g/mol. The molecule has 3 aliphatic rings. The van der Waals surface area contributed by atoms with Crippen LogP contribution in [0.4, 0.5) is 5.69 Å². The molecule has 43 heavy (non-hydrogen) atoms. The number of aromatic nitrogens is 1. The van der Waals surface area contributed by atoms with Crippen molar-refractivity contribution < 1.29 is 23.9 Å². The van der Waals surface area contributed by atoms with E-state index in [9.17, 15) is 19.2 Å². The third-order valence-corrected chi connectivity index (χ3v) is 9.65. The van der Waals surface area contributed by atoms with E-state index in [1.165, 1.54) is 17.0 Å². The molecular weight excluding hydrogens is 587 g/mol. The Morgan fingerprint density at radius 1 is 0.884 bits per heavy atom. The largest absolute Gasteiger partial charge is 0.454 e. The lowest BCUT2D eigenvalue weighted by molar-refractivity contribution is -0.123. The number of fused-ring (bicyclic) bond motifs is 6. The van der Waals surface area contributed by atoms with Gasteiger partial charge in [0.05, 0.1) is 39.3 Å². The van der Waals surface area contributed by atoms with E-state index in [4.69, 9.17) is 32.9 Å². The molecule has 2 amide bonds. The van der Waals surface area contributed by atoms with E-state index >= 15 is 0 Å². The molecule has 0 N–H and O–H groups in total. The summed E-state index contributed by atoms with van der Waals surface area (Å²) in [4.78, 5) is 58.8. The number of ether oxygens (including phenoxy) is 1. The van der Waals surface area contributed by atoms with Crippen molar-refractivity contribution in [1.82, 2.24) is 4.98 Å². The number of hydrogen-bond acceptors (Lipinski definition) is 6. The summed E-state index contributed by atoms with van der Waals surface area (Å²) in [6.45, 7) is 1.41. The van der Waals surface area contributed by atoms with Crippen LogP contribution in [0, 0.1) is 30.6 Å². The fourth-order valence-corrected chi connectivity index (χ4v) is 7.62. The van der Waals surface area contributed by atoms with Crippen LogP contribution in [0.1, 0.15) is 45.5 Å². The van der Waals surface area contributed by atoms with Crippen molar-refractivity contribution in [1.29, 1.82) is 0 Å². The Balaban J connectivity index is 1.16. The van der Waals surface area contributed by atoms with Gasteiger partial charge in [0.15, 0.2) is 6.61 Å². The van der Waals surface area contributed by atoms with Gasteiger partial charge in [-0.05, 0) is 86.6 Å². The second-order valence-corrected chi connectivity index (χ2v) is 12.5. The molecule has 0 radical (unpaired) electrons. The van der Waals surface area contributed by atoms with Crippen molar-refractivity contribution in [2.75, 3.05) is 11.5 Å². The number of imide groups is 1. The van der Waals surface area contributed by atoms with E-state index in [-0.39, 0.29) is 39.8 Å². The molecule has 9 heteroatoms. The van der Waals surface area contributed by atoms with Gasteiger partial charge in [-0.1, -0.05) is 47.0 Å². The van der Waals surface area contributed by atoms with Gasteiger partial charge in [0.1, 0.15) is 0 Å². The van der Waals surface area contributed by atoms with E-state index in [1.54, 1.807) is 36.4 Å². The minimum atomic E-state index is -0.677. The predicted molar refractivity (Wildman–Crippen MR) is 163 cm³/mol. The maximum Gasteiger partial charge on any atom is 0.339 e. The highest BCUT2D eigenvalue weighted by Crippen LogP contribution is 2.56. The number of ketones is 1. The van der Waals surface area contributed by atoms with Crippen LogP contribution in [-0.4, -0.2) is 35.2 Å². The lowest BCUT2D eigenvalue weighted by Gasteiger charge is -2.19. The number of carbonyl (C=O) groups excluding carboxylic acids is 4. The Morgan fingerprint density at radius 3 is 2.26 bits per heavy atom. The molecule has 216 valence electrons. The normalized spacial score (nSPS) is 22.3. The average Bonchev–Trinajstić information content (AvgIpc) is 3.68. The van der Waals surface area contributed by atoms with Crippen LogP contribution in [-0.2, 0) is 14.3 Å². The fourth-order valence-electron chi connectivity index (χ4n) is 7.10. The van der Waals surface area contributed by atoms with E-state index in [2.05, 4.69) is 0 Å². The molecule has 7 rings (SSSR count).